The Morgan fingerprint density at radius 3 is 2.64 bits per heavy atom. The molecule has 0 saturated carbocycles. The molecule has 0 bridgehead atoms. The minimum atomic E-state index is -0.541. The van der Waals surface area contributed by atoms with E-state index >= 15 is 0 Å². The highest BCUT2D eigenvalue weighted by atomic mass is 16.1. The molecular formula is C15H13N9O. The summed E-state index contributed by atoms with van der Waals surface area (Å²) in [5.74, 6) is 0.0544. The Morgan fingerprint density at radius 2 is 1.92 bits per heavy atom. The second kappa shape index (κ2) is 5.30. The largest absolute Gasteiger partial charge is 0.382 e. The van der Waals surface area contributed by atoms with Gasteiger partial charge >= 0.3 is 0 Å². The number of imidazole rings is 1. The first-order chi connectivity index (χ1) is 12.0. The number of nitrogens with two attached hydrogens (primary N) is 3. The maximum absolute atomic E-state index is 11.5. The van der Waals surface area contributed by atoms with Crippen molar-refractivity contribution < 1.29 is 4.79 Å². The van der Waals surface area contributed by atoms with Crippen LogP contribution in [0.5, 0.6) is 0 Å². The molecule has 0 fully saturated rings. The molecule has 0 saturated heterocycles. The van der Waals surface area contributed by atoms with E-state index in [-0.39, 0.29) is 11.8 Å². The minimum absolute atomic E-state index is 0.0178. The molecule has 0 unspecified atom stereocenters. The number of anilines is 2. The predicted octanol–water partition coefficient (Wildman–Crippen LogP) is 0.264. The number of rotatable bonds is 3. The second-order valence-corrected chi connectivity index (χ2v) is 5.25. The van der Waals surface area contributed by atoms with Crippen molar-refractivity contribution in [3.05, 3.63) is 48.3 Å². The smallest absolute Gasteiger partial charge is 0.248 e. The van der Waals surface area contributed by atoms with Gasteiger partial charge < -0.3 is 17.2 Å². The molecule has 0 aliphatic carbocycles. The van der Waals surface area contributed by atoms with Crippen molar-refractivity contribution in [2.24, 2.45) is 5.73 Å². The molecule has 1 aromatic carbocycles. The average molecular weight is 335 g/mol. The Morgan fingerprint density at radius 1 is 1.08 bits per heavy atom. The average Bonchev–Trinajstić information content (AvgIpc) is 3.22. The van der Waals surface area contributed by atoms with E-state index in [2.05, 4.69) is 20.1 Å². The van der Waals surface area contributed by atoms with E-state index in [0.29, 0.717) is 28.4 Å². The number of fused-ring (bicyclic) bond motifs is 1. The summed E-state index contributed by atoms with van der Waals surface area (Å²) in [6.45, 7) is 0. The van der Waals surface area contributed by atoms with E-state index < -0.39 is 5.91 Å². The van der Waals surface area contributed by atoms with Gasteiger partial charge in [0, 0.05) is 18.0 Å². The van der Waals surface area contributed by atoms with Crippen molar-refractivity contribution in [3.8, 4) is 11.6 Å². The molecule has 6 N–H and O–H groups in total. The van der Waals surface area contributed by atoms with Crippen LogP contribution in [0.15, 0.2) is 42.7 Å². The number of benzene rings is 1. The van der Waals surface area contributed by atoms with Crippen molar-refractivity contribution in [1.82, 2.24) is 29.3 Å². The molecule has 0 radical (unpaired) electrons. The molecule has 10 nitrogen and oxygen atoms in total. The fourth-order valence-corrected chi connectivity index (χ4v) is 2.56. The molecule has 1 amide bonds. The third-order valence-electron chi connectivity index (χ3n) is 3.63. The maximum Gasteiger partial charge on any atom is 0.248 e. The van der Waals surface area contributed by atoms with Crippen molar-refractivity contribution in [2.75, 3.05) is 11.5 Å². The zero-order valence-corrected chi connectivity index (χ0v) is 12.9. The van der Waals surface area contributed by atoms with E-state index in [1.54, 1.807) is 52.0 Å². The van der Waals surface area contributed by atoms with Gasteiger partial charge in [0.05, 0.1) is 5.69 Å². The SMILES string of the molecule is NC(=O)c1cccc(-n2c(-n3cccn3)nc3c(N)nc(N)nc32)c1. The molecule has 4 rings (SSSR count). The summed E-state index contributed by atoms with van der Waals surface area (Å²) in [6, 6.07) is 8.51. The van der Waals surface area contributed by atoms with Gasteiger partial charge in [0.2, 0.25) is 17.8 Å². The lowest BCUT2D eigenvalue weighted by Gasteiger charge is -2.09. The van der Waals surface area contributed by atoms with Crippen LogP contribution in [-0.2, 0) is 0 Å². The molecule has 10 heteroatoms. The Kier molecular flexibility index (Phi) is 3.10. The topological polar surface area (TPSA) is 157 Å². The van der Waals surface area contributed by atoms with Gasteiger partial charge in [0.1, 0.15) is 0 Å². The number of carbonyl (C=O) groups excluding carboxylic acids is 1. The lowest BCUT2D eigenvalue weighted by Crippen LogP contribution is -2.12. The third kappa shape index (κ3) is 2.32. The van der Waals surface area contributed by atoms with E-state index in [0.717, 1.165) is 0 Å². The van der Waals surface area contributed by atoms with Crippen LogP contribution in [-0.4, -0.2) is 35.2 Å². The summed E-state index contributed by atoms with van der Waals surface area (Å²) in [5.41, 5.74) is 18.8. The number of amides is 1. The molecule has 4 aromatic rings. The van der Waals surface area contributed by atoms with Crippen LogP contribution in [0.1, 0.15) is 10.4 Å². The molecule has 0 aliphatic rings. The molecule has 0 aliphatic heterocycles. The Balaban J connectivity index is 2.09. The monoisotopic (exact) mass is 335 g/mol. The van der Waals surface area contributed by atoms with E-state index in [9.17, 15) is 4.79 Å². The summed E-state index contributed by atoms with van der Waals surface area (Å²) in [5, 5.41) is 4.20. The van der Waals surface area contributed by atoms with Crippen LogP contribution >= 0.6 is 0 Å². The van der Waals surface area contributed by atoms with Gasteiger partial charge in [-0.05, 0) is 24.3 Å². The number of carbonyl (C=O) groups is 1. The van der Waals surface area contributed by atoms with Crippen LogP contribution in [0.3, 0.4) is 0 Å². The zero-order valence-electron chi connectivity index (χ0n) is 12.9. The van der Waals surface area contributed by atoms with Gasteiger partial charge in [0.15, 0.2) is 17.0 Å². The Bertz CT molecular complexity index is 1100. The fourth-order valence-electron chi connectivity index (χ4n) is 2.56. The van der Waals surface area contributed by atoms with Crippen LogP contribution in [0.2, 0.25) is 0 Å². The standard InChI is InChI=1S/C15H13N9O/c16-11-10-13(22-14(18)21-11)24(15(20-10)23-6-2-5-19-23)9-4-1-3-8(7-9)12(17)25/h1-7H,(H2,17,25)(H4,16,18,21,22). The van der Waals surface area contributed by atoms with E-state index in [4.69, 9.17) is 17.2 Å². The van der Waals surface area contributed by atoms with Crippen molar-refractivity contribution >= 4 is 28.8 Å². The van der Waals surface area contributed by atoms with E-state index in [1.165, 1.54) is 0 Å². The number of aromatic nitrogens is 6. The first kappa shape index (κ1) is 14.6. The second-order valence-electron chi connectivity index (χ2n) is 5.25. The summed E-state index contributed by atoms with van der Waals surface area (Å²) < 4.78 is 3.23. The normalized spacial score (nSPS) is 11.0. The van der Waals surface area contributed by atoms with Crippen molar-refractivity contribution in [2.45, 2.75) is 0 Å². The predicted molar refractivity (Wildman–Crippen MR) is 91.1 cm³/mol. The maximum atomic E-state index is 11.5. The fraction of sp³-hybridized carbons (Fsp3) is 0. The summed E-state index contributed by atoms with van der Waals surface area (Å²) >= 11 is 0. The molecule has 3 heterocycles. The summed E-state index contributed by atoms with van der Waals surface area (Å²) in [6.07, 6.45) is 3.34. The number of primary amides is 1. The quantitative estimate of drug-likeness (QED) is 0.484. The van der Waals surface area contributed by atoms with Crippen molar-refractivity contribution in [3.63, 3.8) is 0 Å². The van der Waals surface area contributed by atoms with Crippen LogP contribution in [0.4, 0.5) is 11.8 Å². The summed E-state index contributed by atoms with van der Waals surface area (Å²) in [4.78, 5) is 24.2. The number of hydrogen-bond donors (Lipinski definition) is 3. The molecule has 124 valence electrons. The van der Waals surface area contributed by atoms with Gasteiger partial charge in [-0.15, -0.1) is 0 Å². The van der Waals surface area contributed by atoms with Gasteiger partial charge in [-0.1, -0.05) is 6.07 Å². The van der Waals surface area contributed by atoms with E-state index in [1.807, 2.05) is 0 Å². The molecule has 0 spiro atoms. The lowest BCUT2D eigenvalue weighted by atomic mass is 10.2. The number of hydrogen-bond acceptors (Lipinski definition) is 7. The highest BCUT2D eigenvalue weighted by Gasteiger charge is 2.19. The molecule has 3 aromatic heterocycles. The van der Waals surface area contributed by atoms with Gasteiger partial charge in [-0.25, -0.2) is 9.67 Å². The Hall–Kier alpha value is -3.95. The molecule has 0 atom stereocenters. The molecular weight excluding hydrogens is 322 g/mol. The molecule has 25 heavy (non-hydrogen) atoms. The first-order valence-electron chi connectivity index (χ1n) is 7.26. The lowest BCUT2D eigenvalue weighted by molar-refractivity contribution is 0.1000. The van der Waals surface area contributed by atoms with Gasteiger partial charge in [0.25, 0.3) is 0 Å². The minimum Gasteiger partial charge on any atom is -0.382 e. The number of nitrogens with zero attached hydrogens (tertiary/aromatic N) is 6. The van der Waals surface area contributed by atoms with Crippen molar-refractivity contribution in [1.29, 1.82) is 0 Å². The summed E-state index contributed by atoms with van der Waals surface area (Å²) in [7, 11) is 0. The zero-order chi connectivity index (χ0) is 17.6. The highest BCUT2D eigenvalue weighted by molar-refractivity contribution is 5.93. The van der Waals surface area contributed by atoms with Crippen LogP contribution in [0, 0.1) is 0 Å². The first-order valence-corrected chi connectivity index (χ1v) is 7.26. The third-order valence-corrected chi connectivity index (χ3v) is 3.63. The van der Waals surface area contributed by atoms with Crippen LogP contribution in [0.25, 0.3) is 22.8 Å². The Labute approximate surface area is 140 Å². The number of nitrogen functional groups attached to an aromatic ring is 2. The van der Waals surface area contributed by atoms with Crippen LogP contribution < -0.4 is 17.2 Å². The highest BCUT2D eigenvalue weighted by Crippen LogP contribution is 2.26. The van der Waals surface area contributed by atoms with Gasteiger partial charge in [-0.3, -0.25) is 9.36 Å². The van der Waals surface area contributed by atoms with Gasteiger partial charge in [-0.2, -0.15) is 15.1 Å².